The number of aromatic nitrogens is 1. The number of amidine groups is 1. The van der Waals surface area contributed by atoms with E-state index in [9.17, 15) is 0 Å². The number of hydrogen-bond acceptors (Lipinski definition) is 8. The Labute approximate surface area is 164 Å². The van der Waals surface area contributed by atoms with Gasteiger partial charge in [-0.25, -0.2) is 4.98 Å². The third-order valence-electron chi connectivity index (χ3n) is 5.72. The molecule has 3 N–H and O–H groups in total. The molecule has 4 rings (SSSR count). The van der Waals surface area contributed by atoms with Crippen LogP contribution in [-0.2, 0) is 16.0 Å². The third-order valence-corrected chi connectivity index (χ3v) is 6.78. The van der Waals surface area contributed by atoms with Crippen LogP contribution in [0.1, 0.15) is 22.7 Å². The molecule has 1 aromatic heterocycles. The number of rotatable bonds is 4. The Hall–Kier alpha value is -1.26. The fraction of sp³-hybridized carbons (Fsp3) is 0.778. The minimum absolute atomic E-state index is 0.491. The summed E-state index contributed by atoms with van der Waals surface area (Å²) >= 11 is 1.57. The van der Waals surface area contributed by atoms with E-state index in [1.54, 1.807) is 11.3 Å². The van der Waals surface area contributed by atoms with Crippen molar-refractivity contribution in [3.05, 3.63) is 9.88 Å². The molecule has 8 nitrogen and oxygen atoms in total. The molecular weight excluding hydrogens is 364 g/mol. The lowest BCUT2D eigenvalue weighted by Crippen LogP contribution is -2.48. The van der Waals surface area contributed by atoms with Crippen LogP contribution in [0.25, 0.3) is 0 Å². The maximum Gasteiger partial charge on any atom is 0.145 e. The summed E-state index contributed by atoms with van der Waals surface area (Å²) in [7, 11) is 0. The van der Waals surface area contributed by atoms with Gasteiger partial charge in [0.05, 0.1) is 33.0 Å². The lowest BCUT2D eigenvalue weighted by Gasteiger charge is -2.39. The smallest absolute Gasteiger partial charge is 0.145 e. The Morgan fingerprint density at radius 2 is 1.67 bits per heavy atom. The summed E-state index contributed by atoms with van der Waals surface area (Å²) in [5.74, 6) is 0.986. The Morgan fingerprint density at radius 3 is 2.33 bits per heavy atom. The SMILES string of the molecule is N=C(c1sc(CN2CCC(N3CCOCC3)CC2)nc1N)N1CCOCC1. The topological polar surface area (TPSA) is 90.9 Å². The van der Waals surface area contributed by atoms with Crippen LogP contribution < -0.4 is 5.73 Å². The van der Waals surface area contributed by atoms with Crippen molar-refractivity contribution < 1.29 is 9.47 Å². The number of nitrogens with one attached hydrogen (secondary N) is 1. The van der Waals surface area contributed by atoms with E-state index in [1.165, 1.54) is 12.8 Å². The largest absolute Gasteiger partial charge is 0.382 e. The molecule has 0 saturated carbocycles. The zero-order valence-corrected chi connectivity index (χ0v) is 16.7. The monoisotopic (exact) mass is 394 g/mol. The third kappa shape index (κ3) is 4.60. The molecule has 3 aliphatic heterocycles. The van der Waals surface area contributed by atoms with Gasteiger partial charge in [0, 0.05) is 45.3 Å². The van der Waals surface area contributed by atoms with Gasteiger partial charge in [-0.3, -0.25) is 15.2 Å². The van der Waals surface area contributed by atoms with Crippen molar-refractivity contribution in [2.75, 3.05) is 71.4 Å². The number of nitrogens with zero attached hydrogens (tertiary/aromatic N) is 4. The van der Waals surface area contributed by atoms with Crippen LogP contribution in [0.4, 0.5) is 5.82 Å². The van der Waals surface area contributed by atoms with Crippen LogP contribution in [0.3, 0.4) is 0 Å². The van der Waals surface area contributed by atoms with Gasteiger partial charge in [-0.1, -0.05) is 0 Å². The Balaban J connectivity index is 1.30. The van der Waals surface area contributed by atoms with Gasteiger partial charge in [0.1, 0.15) is 21.5 Å². The summed E-state index contributed by atoms with van der Waals surface area (Å²) in [4.78, 5) is 12.4. The van der Waals surface area contributed by atoms with Crippen molar-refractivity contribution in [1.82, 2.24) is 19.7 Å². The summed E-state index contributed by atoms with van der Waals surface area (Å²) in [5.41, 5.74) is 6.14. The quantitative estimate of drug-likeness (QED) is 0.573. The first kappa shape index (κ1) is 19.1. The standard InChI is InChI=1S/C18H30N6O2S/c19-17-16(18(20)24-7-11-26-12-8-24)27-15(21-17)13-22-3-1-14(2-4-22)23-5-9-25-10-6-23/h14,20H,1-13,19H2. The molecule has 9 heteroatoms. The molecule has 3 fully saturated rings. The van der Waals surface area contributed by atoms with E-state index in [0.29, 0.717) is 30.9 Å². The Bertz CT molecular complexity index is 634. The summed E-state index contributed by atoms with van der Waals surface area (Å²) in [5, 5.41) is 9.49. The number of hydrogen-bond donors (Lipinski definition) is 2. The minimum Gasteiger partial charge on any atom is -0.382 e. The van der Waals surface area contributed by atoms with E-state index in [1.807, 2.05) is 4.90 Å². The van der Waals surface area contributed by atoms with Crippen LogP contribution in [0, 0.1) is 5.41 Å². The average molecular weight is 395 g/mol. The van der Waals surface area contributed by atoms with E-state index < -0.39 is 0 Å². The normalized spacial score (nSPS) is 23.6. The van der Waals surface area contributed by atoms with Crippen LogP contribution in [0.2, 0.25) is 0 Å². The molecule has 1 aromatic rings. The second kappa shape index (κ2) is 8.83. The molecule has 0 unspecified atom stereocenters. The fourth-order valence-corrected chi connectivity index (χ4v) is 5.13. The van der Waals surface area contributed by atoms with Gasteiger partial charge in [0.25, 0.3) is 0 Å². The zero-order chi connectivity index (χ0) is 18.6. The second-order valence-corrected chi connectivity index (χ2v) is 8.51. The van der Waals surface area contributed by atoms with E-state index in [2.05, 4.69) is 14.8 Å². The van der Waals surface area contributed by atoms with E-state index in [0.717, 1.165) is 68.9 Å². The molecule has 150 valence electrons. The predicted octanol–water partition coefficient (Wildman–Crippen LogP) is 0.679. The predicted molar refractivity (Wildman–Crippen MR) is 106 cm³/mol. The van der Waals surface area contributed by atoms with Crippen molar-refractivity contribution in [2.24, 2.45) is 0 Å². The zero-order valence-electron chi connectivity index (χ0n) is 15.9. The average Bonchev–Trinajstić information content (AvgIpc) is 3.09. The first-order valence-corrected chi connectivity index (χ1v) is 10.7. The minimum atomic E-state index is 0.491. The van der Waals surface area contributed by atoms with E-state index in [-0.39, 0.29) is 0 Å². The van der Waals surface area contributed by atoms with Crippen LogP contribution >= 0.6 is 11.3 Å². The van der Waals surface area contributed by atoms with Crippen LogP contribution in [-0.4, -0.2) is 97.3 Å². The van der Waals surface area contributed by atoms with Crippen molar-refractivity contribution in [2.45, 2.75) is 25.4 Å². The van der Waals surface area contributed by atoms with Gasteiger partial charge in [-0.15, -0.1) is 11.3 Å². The number of likely N-dealkylation sites (tertiary alicyclic amines) is 1. The molecule has 0 bridgehead atoms. The van der Waals surface area contributed by atoms with Gasteiger partial charge in [-0.2, -0.15) is 0 Å². The second-order valence-electron chi connectivity index (χ2n) is 7.43. The van der Waals surface area contributed by atoms with Gasteiger partial charge < -0.3 is 20.1 Å². The molecule has 3 saturated heterocycles. The summed E-state index contributed by atoms with van der Waals surface area (Å²) in [6, 6.07) is 0.691. The Kier molecular flexibility index (Phi) is 6.24. The highest BCUT2D eigenvalue weighted by Crippen LogP contribution is 2.26. The maximum absolute atomic E-state index is 8.47. The van der Waals surface area contributed by atoms with Gasteiger partial charge in [-0.05, 0) is 12.8 Å². The van der Waals surface area contributed by atoms with E-state index in [4.69, 9.17) is 20.6 Å². The number of piperidine rings is 1. The van der Waals surface area contributed by atoms with Gasteiger partial charge >= 0.3 is 0 Å². The molecule has 0 aromatic carbocycles. The van der Waals surface area contributed by atoms with Crippen LogP contribution in [0.5, 0.6) is 0 Å². The maximum atomic E-state index is 8.47. The molecule has 3 aliphatic rings. The number of nitrogens with two attached hydrogens (primary N) is 1. The fourth-order valence-electron chi connectivity index (χ4n) is 4.12. The van der Waals surface area contributed by atoms with Crippen molar-refractivity contribution in [3.63, 3.8) is 0 Å². The van der Waals surface area contributed by atoms with Crippen molar-refractivity contribution >= 4 is 23.0 Å². The summed E-state index contributed by atoms with van der Waals surface area (Å²) < 4.78 is 10.8. The number of nitrogen functional groups attached to an aromatic ring is 1. The number of morpholine rings is 2. The Morgan fingerprint density at radius 1 is 1.04 bits per heavy atom. The summed E-state index contributed by atoms with van der Waals surface area (Å²) in [6.07, 6.45) is 2.41. The molecule has 0 amide bonds. The molecule has 4 heterocycles. The first-order valence-electron chi connectivity index (χ1n) is 9.91. The molecule has 0 spiro atoms. The molecule has 0 aliphatic carbocycles. The van der Waals surface area contributed by atoms with Gasteiger partial charge in [0.15, 0.2) is 0 Å². The van der Waals surface area contributed by atoms with Crippen molar-refractivity contribution in [1.29, 1.82) is 5.41 Å². The molecule has 0 radical (unpaired) electrons. The number of ether oxygens (including phenoxy) is 2. The number of thiazole rings is 1. The van der Waals surface area contributed by atoms with Crippen molar-refractivity contribution in [3.8, 4) is 0 Å². The number of anilines is 1. The highest BCUT2D eigenvalue weighted by atomic mass is 32.1. The summed E-state index contributed by atoms with van der Waals surface area (Å²) in [6.45, 7) is 9.75. The lowest BCUT2D eigenvalue weighted by atomic mass is 10.0. The van der Waals surface area contributed by atoms with Crippen LogP contribution in [0.15, 0.2) is 0 Å². The molecule has 27 heavy (non-hydrogen) atoms. The lowest BCUT2D eigenvalue weighted by molar-refractivity contribution is 0.000229. The molecule has 0 atom stereocenters. The highest BCUT2D eigenvalue weighted by molar-refractivity contribution is 7.14. The van der Waals surface area contributed by atoms with Gasteiger partial charge in [0.2, 0.25) is 0 Å². The first-order chi connectivity index (χ1) is 13.2. The highest BCUT2D eigenvalue weighted by Gasteiger charge is 2.27. The van der Waals surface area contributed by atoms with E-state index >= 15 is 0 Å². The molecular formula is C18H30N6O2S.